The van der Waals surface area contributed by atoms with Crippen LogP contribution in [0.1, 0.15) is 22.6 Å². The molecule has 2 N–H and O–H groups in total. The average Bonchev–Trinajstić information content (AvgIpc) is 2.66. The Morgan fingerprint density at radius 3 is 1.73 bits per heavy atom. The summed E-state index contributed by atoms with van der Waals surface area (Å²) in [6, 6.07) is 27.4. The van der Waals surface area contributed by atoms with E-state index in [1.54, 1.807) is 24.3 Å². The predicted molar refractivity (Wildman–Crippen MR) is 114 cm³/mol. The van der Waals surface area contributed by atoms with Crippen molar-refractivity contribution >= 4 is 33.4 Å². The summed E-state index contributed by atoms with van der Waals surface area (Å²) in [5, 5.41) is 21.8. The van der Waals surface area contributed by atoms with Crippen molar-refractivity contribution in [1.82, 2.24) is 0 Å². The maximum absolute atomic E-state index is 9.71. The van der Waals surface area contributed by atoms with Crippen LogP contribution in [0.2, 0.25) is 0 Å². The Morgan fingerprint density at radius 2 is 1.15 bits per heavy atom. The van der Waals surface area contributed by atoms with Crippen LogP contribution in [0.4, 0.5) is 0 Å². The Hall–Kier alpha value is -2.53. The zero-order chi connectivity index (χ0) is 18.1. The van der Waals surface area contributed by atoms with Gasteiger partial charge in [0.25, 0.3) is 0 Å². The molecule has 0 aliphatic heterocycles. The minimum absolute atomic E-state index is 0.00852. The van der Waals surface area contributed by atoms with Crippen LogP contribution in [0, 0.1) is 3.57 Å². The molecular weight excluding hydrogens is 435 g/mol. The van der Waals surface area contributed by atoms with Crippen LogP contribution in [0.3, 0.4) is 0 Å². The highest BCUT2D eigenvalue weighted by molar-refractivity contribution is 14.1. The van der Waals surface area contributed by atoms with Crippen molar-refractivity contribution in [3.05, 3.63) is 105 Å². The molecule has 4 aromatic rings. The van der Waals surface area contributed by atoms with Crippen LogP contribution in [0.15, 0.2) is 84.9 Å². The van der Waals surface area contributed by atoms with E-state index in [1.165, 1.54) is 19.9 Å². The number of aromatic hydroxyl groups is 2. The van der Waals surface area contributed by atoms with Crippen molar-refractivity contribution in [3.63, 3.8) is 0 Å². The van der Waals surface area contributed by atoms with Crippen molar-refractivity contribution < 1.29 is 10.2 Å². The van der Waals surface area contributed by atoms with Crippen molar-refractivity contribution in [3.8, 4) is 11.5 Å². The van der Waals surface area contributed by atoms with Crippen LogP contribution in [-0.2, 0) is 0 Å². The highest BCUT2D eigenvalue weighted by atomic mass is 127. The summed E-state index contributed by atoms with van der Waals surface area (Å²) in [5.41, 5.74) is 3.44. The molecule has 0 aromatic heterocycles. The van der Waals surface area contributed by atoms with Gasteiger partial charge in [-0.25, -0.2) is 0 Å². The largest absolute Gasteiger partial charge is 0.508 e. The van der Waals surface area contributed by atoms with Crippen LogP contribution in [-0.4, -0.2) is 10.2 Å². The van der Waals surface area contributed by atoms with Crippen LogP contribution in [0.25, 0.3) is 10.8 Å². The van der Waals surface area contributed by atoms with Gasteiger partial charge in [0.1, 0.15) is 11.5 Å². The maximum atomic E-state index is 9.71. The molecule has 128 valence electrons. The van der Waals surface area contributed by atoms with Gasteiger partial charge in [0, 0.05) is 9.49 Å². The summed E-state index contributed by atoms with van der Waals surface area (Å²) in [6.45, 7) is 0. The Bertz CT molecular complexity index is 1010. The number of fused-ring (bicyclic) bond motifs is 1. The first kappa shape index (κ1) is 16.9. The first-order valence-electron chi connectivity index (χ1n) is 8.38. The monoisotopic (exact) mass is 452 g/mol. The topological polar surface area (TPSA) is 40.5 Å². The second-order valence-electron chi connectivity index (χ2n) is 6.30. The van der Waals surface area contributed by atoms with E-state index < -0.39 is 0 Å². The van der Waals surface area contributed by atoms with Gasteiger partial charge in [-0.1, -0.05) is 54.6 Å². The summed E-state index contributed by atoms with van der Waals surface area (Å²) < 4.78 is 1.19. The van der Waals surface area contributed by atoms with E-state index in [2.05, 4.69) is 59.0 Å². The number of benzene rings is 4. The fraction of sp³-hybridized carbons (Fsp3) is 0.0435. The van der Waals surface area contributed by atoms with Gasteiger partial charge < -0.3 is 10.2 Å². The minimum atomic E-state index is 0.00852. The van der Waals surface area contributed by atoms with E-state index in [0.29, 0.717) is 0 Å². The molecule has 0 heterocycles. The van der Waals surface area contributed by atoms with Crippen molar-refractivity contribution in [2.45, 2.75) is 5.92 Å². The summed E-state index contributed by atoms with van der Waals surface area (Å²) >= 11 is 2.39. The third-order valence-electron chi connectivity index (χ3n) is 4.66. The molecule has 0 saturated heterocycles. The van der Waals surface area contributed by atoms with E-state index in [9.17, 15) is 10.2 Å². The Morgan fingerprint density at radius 1 is 0.615 bits per heavy atom. The quantitative estimate of drug-likeness (QED) is 0.294. The fourth-order valence-corrected chi connectivity index (χ4v) is 4.20. The molecule has 0 aliphatic rings. The number of halogens is 1. The summed E-state index contributed by atoms with van der Waals surface area (Å²) in [4.78, 5) is 0. The van der Waals surface area contributed by atoms with Gasteiger partial charge >= 0.3 is 0 Å². The van der Waals surface area contributed by atoms with E-state index in [1.807, 2.05) is 24.3 Å². The molecule has 26 heavy (non-hydrogen) atoms. The minimum Gasteiger partial charge on any atom is -0.508 e. The number of hydrogen-bond acceptors (Lipinski definition) is 2. The van der Waals surface area contributed by atoms with E-state index in [0.717, 1.165) is 11.1 Å². The van der Waals surface area contributed by atoms with Gasteiger partial charge in [-0.3, -0.25) is 0 Å². The second-order valence-corrected chi connectivity index (χ2v) is 7.46. The van der Waals surface area contributed by atoms with Crippen LogP contribution in [0.5, 0.6) is 11.5 Å². The van der Waals surface area contributed by atoms with Gasteiger partial charge in [0.15, 0.2) is 0 Å². The van der Waals surface area contributed by atoms with Crippen molar-refractivity contribution in [2.75, 3.05) is 0 Å². The molecule has 0 bridgehead atoms. The summed E-state index contributed by atoms with van der Waals surface area (Å²) in [7, 11) is 0. The molecule has 3 heteroatoms. The molecule has 0 saturated carbocycles. The average molecular weight is 452 g/mol. The van der Waals surface area contributed by atoms with E-state index >= 15 is 0 Å². The van der Waals surface area contributed by atoms with Crippen LogP contribution < -0.4 is 0 Å². The summed E-state index contributed by atoms with van der Waals surface area (Å²) in [5.74, 6) is 0.519. The number of rotatable bonds is 3. The number of phenolic OH excluding ortho intramolecular Hbond substituents is 2. The van der Waals surface area contributed by atoms with E-state index in [4.69, 9.17) is 0 Å². The molecule has 0 atom stereocenters. The molecule has 0 radical (unpaired) electrons. The lowest BCUT2D eigenvalue weighted by Gasteiger charge is -2.22. The lowest BCUT2D eigenvalue weighted by atomic mass is 9.83. The summed E-state index contributed by atoms with van der Waals surface area (Å²) in [6.07, 6.45) is 0. The molecule has 0 amide bonds. The zero-order valence-corrected chi connectivity index (χ0v) is 16.1. The SMILES string of the molecule is Oc1ccc(C(c2ccc(O)cc2)c2c(I)ccc3ccccc23)cc1. The van der Waals surface area contributed by atoms with Gasteiger partial charge in [0.2, 0.25) is 0 Å². The predicted octanol–water partition coefficient (Wildman–Crippen LogP) is 6.04. The van der Waals surface area contributed by atoms with Gasteiger partial charge in [0.05, 0.1) is 0 Å². The van der Waals surface area contributed by atoms with E-state index in [-0.39, 0.29) is 17.4 Å². The van der Waals surface area contributed by atoms with Crippen molar-refractivity contribution in [1.29, 1.82) is 0 Å². The Labute approximate surface area is 165 Å². The fourth-order valence-electron chi connectivity index (χ4n) is 3.42. The smallest absolute Gasteiger partial charge is 0.115 e. The third-order valence-corrected chi connectivity index (χ3v) is 5.60. The number of phenols is 2. The molecule has 0 fully saturated rings. The highest BCUT2D eigenvalue weighted by Crippen LogP contribution is 2.39. The Balaban J connectivity index is 2.01. The first-order chi connectivity index (χ1) is 12.6. The highest BCUT2D eigenvalue weighted by Gasteiger charge is 2.21. The second kappa shape index (κ2) is 7.00. The molecule has 4 aromatic carbocycles. The zero-order valence-electron chi connectivity index (χ0n) is 13.9. The number of hydrogen-bond donors (Lipinski definition) is 2. The van der Waals surface area contributed by atoms with Gasteiger partial charge in [-0.15, -0.1) is 0 Å². The van der Waals surface area contributed by atoms with Crippen LogP contribution >= 0.6 is 22.6 Å². The van der Waals surface area contributed by atoms with Gasteiger partial charge in [-0.2, -0.15) is 0 Å². The molecule has 0 aliphatic carbocycles. The Kier molecular flexibility index (Phi) is 4.55. The normalized spacial score (nSPS) is 11.2. The first-order valence-corrected chi connectivity index (χ1v) is 9.46. The molecule has 2 nitrogen and oxygen atoms in total. The third kappa shape index (κ3) is 3.15. The molecular formula is C23H17IO2. The molecule has 0 unspecified atom stereocenters. The van der Waals surface area contributed by atoms with Crippen molar-refractivity contribution in [2.24, 2.45) is 0 Å². The molecule has 0 spiro atoms. The maximum Gasteiger partial charge on any atom is 0.115 e. The lowest BCUT2D eigenvalue weighted by Crippen LogP contribution is -2.06. The van der Waals surface area contributed by atoms with Gasteiger partial charge in [-0.05, 0) is 80.4 Å². The lowest BCUT2D eigenvalue weighted by molar-refractivity contribution is 0.475. The standard InChI is InChI=1S/C23H17IO2/c24-21-14-9-15-3-1-2-4-20(15)23(21)22(16-5-10-18(25)11-6-16)17-7-12-19(26)13-8-17/h1-14,22,25-26H. The molecule has 4 rings (SSSR count).